The highest BCUT2D eigenvalue weighted by Crippen LogP contribution is 2.25. The second-order valence-corrected chi connectivity index (χ2v) is 8.03. The molecule has 4 aromatic rings. The zero-order chi connectivity index (χ0) is 23.8. The van der Waals surface area contributed by atoms with Gasteiger partial charge in [0, 0.05) is 11.1 Å². The SMILES string of the molecule is O=C(NN=Cc1ccccc1Oc1ccccc1)c1ccc(OCc2ccc(Cl)c(Cl)c2)cc1. The van der Waals surface area contributed by atoms with Crippen LogP contribution in [0.4, 0.5) is 0 Å². The van der Waals surface area contributed by atoms with Crippen molar-refractivity contribution in [2.24, 2.45) is 5.10 Å². The van der Waals surface area contributed by atoms with Crippen molar-refractivity contribution in [3.63, 3.8) is 0 Å². The Balaban J connectivity index is 1.33. The Bertz CT molecular complexity index is 1290. The van der Waals surface area contributed by atoms with Crippen molar-refractivity contribution in [1.82, 2.24) is 5.43 Å². The molecule has 0 saturated carbocycles. The van der Waals surface area contributed by atoms with E-state index in [1.54, 1.807) is 42.6 Å². The van der Waals surface area contributed by atoms with Gasteiger partial charge in [0.25, 0.3) is 5.91 Å². The van der Waals surface area contributed by atoms with Crippen LogP contribution in [0, 0.1) is 0 Å². The highest BCUT2D eigenvalue weighted by Gasteiger charge is 2.06. The van der Waals surface area contributed by atoms with Crippen LogP contribution >= 0.6 is 23.2 Å². The Morgan fingerprint density at radius 3 is 2.32 bits per heavy atom. The number of rotatable bonds is 8. The van der Waals surface area contributed by atoms with Gasteiger partial charge in [0.15, 0.2) is 0 Å². The smallest absolute Gasteiger partial charge is 0.271 e. The van der Waals surface area contributed by atoms with Crippen LogP contribution in [0.3, 0.4) is 0 Å². The van der Waals surface area contributed by atoms with Crippen molar-refractivity contribution in [2.75, 3.05) is 0 Å². The molecule has 1 N–H and O–H groups in total. The highest BCUT2D eigenvalue weighted by molar-refractivity contribution is 6.42. The first kappa shape index (κ1) is 23.4. The summed E-state index contributed by atoms with van der Waals surface area (Å²) >= 11 is 12.0. The monoisotopic (exact) mass is 490 g/mol. The van der Waals surface area contributed by atoms with Gasteiger partial charge in [-0.3, -0.25) is 4.79 Å². The molecule has 0 bridgehead atoms. The molecule has 0 saturated heterocycles. The lowest BCUT2D eigenvalue weighted by Gasteiger charge is -2.08. The van der Waals surface area contributed by atoms with Gasteiger partial charge in [-0.25, -0.2) is 5.43 Å². The second-order valence-electron chi connectivity index (χ2n) is 7.21. The van der Waals surface area contributed by atoms with Crippen molar-refractivity contribution in [2.45, 2.75) is 6.61 Å². The van der Waals surface area contributed by atoms with E-state index in [2.05, 4.69) is 10.5 Å². The molecule has 0 atom stereocenters. The number of carbonyl (C=O) groups excluding carboxylic acids is 1. The standard InChI is InChI=1S/C27H20Cl2N2O3/c28-24-15-10-19(16-25(24)29)18-33-22-13-11-20(12-14-22)27(32)31-30-17-21-6-4-5-9-26(21)34-23-7-2-1-3-8-23/h1-17H,18H2,(H,31,32). The van der Waals surface area contributed by atoms with Gasteiger partial charge in [-0.15, -0.1) is 0 Å². The minimum absolute atomic E-state index is 0.331. The Labute approximate surface area is 207 Å². The number of hydrogen-bond acceptors (Lipinski definition) is 4. The Morgan fingerprint density at radius 1 is 0.824 bits per heavy atom. The van der Waals surface area contributed by atoms with E-state index < -0.39 is 0 Å². The molecule has 170 valence electrons. The third kappa shape index (κ3) is 6.38. The van der Waals surface area contributed by atoms with Crippen LogP contribution in [0.1, 0.15) is 21.5 Å². The largest absolute Gasteiger partial charge is 0.489 e. The fourth-order valence-corrected chi connectivity index (χ4v) is 3.34. The number of hydrazone groups is 1. The summed E-state index contributed by atoms with van der Waals surface area (Å²) in [6, 6.07) is 29.0. The van der Waals surface area contributed by atoms with Crippen molar-refractivity contribution in [3.05, 3.63) is 124 Å². The summed E-state index contributed by atoms with van der Waals surface area (Å²) in [4.78, 5) is 12.4. The van der Waals surface area contributed by atoms with Crippen molar-refractivity contribution in [3.8, 4) is 17.2 Å². The quantitative estimate of drug-likeness (QED) is 0.211. The number of ether oxygens (including phenoxy) is 2. The van der Waals surface area contributed by atoms with Crippen LogP contribution in [0.5, 0.6) is 17.2 Å². The number of para-hydroxylation sites is 2. The van der Waals surface area contributed by atoms with Crippen LogP contribution < -0.4 is 14.9 Å². The molecule has 0 heterocycles. The number of benzene rings is 4. The van der Waals surface area contributed by atoms with E-state index >= 15 is 0 Å². The van der Waals surface area contributed by atoms with Gasteiger partial charge in [0.1, 0.15) is 23.9 Å². The normalized spacial score (nSPS) is 10.8. The maximum Gasteiger partial charge on any atom is 0.271 e. The van der Waals surface area contributed by atoms with Crippen LogP contribution in [0.15, 0.2) is 102 Å². The predicted octanol–water partition coefficient (Wildman–Crippen LogP) is 7.13. The number of nitrogens with zero attached hydrogens (tertiary/aromatic N) is 1. The van der Waals surface area contributed by atoms with Crippen LogP contribution in [-0.2, 0) is 6.61 Å². The Hall–Kier alpha value is -3.80. The van der Waals surface area contributed by atoms with E-state index in [4.69, 9.17) is 32.7 Å². The van der Waals surface area contributed by atoms with Crippen molar-refractivity contribution in [1.29, 1.82) is 0 Å². The van der Waals surface area contributed by atoms with Gasteiger partial charge < -0.3 is 9.47 Å². The summed E-state index contributed by atoms with van der Waals surface area (Å²) in [5, 5.41) is 5.05. The highest BCUT2D eigenvalue weighted by atomic mass is 35.5. The van der Waals surface area contributed by atoms with E-state index in [-0.39, 0.29) is 5.91 Å². The van der Waals surface area contributed by atoms with Gasteiger partial charge in [-0.2, -0.15) is 5.10 Å². The first-order chi connectivity index (χ1) is 16.6. The maximum atomic E-state index is 12.4. The van der Waals surface area contributed by atoms with Crippen LogP contribution in [0.2, 0.25) is 10.0 Å². The average Bonchev–Trinajstić information content (AvgIpc) is 2.86. The molecule has 4 rings (SSSR count). The Kier molecular flexibility index (Phi) is 7.81. The summed E-state index contributed by atoms with van der Waals surface area (Å²) in [6.45, 7) is 0.331. The number of carbonyl (C=O) groups is 1. The number of hydrogen-bond donors (Lipinski definition) is 1. The minimum Gasteiger partial charge on any atom is -0.489 e. The molecule has 0 aliphatic heterocycles. The number of nitrogens with one attached hydrogen (secondary N) is 1. The summed E-state index contributed by atoms with van der Waals surface area (Å²) < 4.78 is 11.6. The van der Waals surface area contributed by atoms with Gasteiger partial charge in [0.05, 0.1) is 16.3 Å². The molecule has 7 heteroatoms. The molecule has 0 fully saturated rings. The van der Waals surface area contributed by atoms with Gasteiger partial charge in [-0.1, -0.05) is 59.6 Å². The molecule has 5 nitrogen and oxygen atoms in total. The van der Waals surface area contributed by atoms with Crippen LogP contribution in [0.25, 0.3) is 0 Å². The lowest BCUT2D eigenvalue weighted by Crippen LogP contribution is -2.17. The molecular weight excluding hydrogens is 471 g/mol. The lowest BCUT2D eigenvalue weighted by atomic mass is 10.2. The van der Waals surface area contributed by atoms with Crippen molar-refractivity contribution >= 4 is 35.3 Å². The van der Waals surface area contributed by atoms with E-state index in [0.717, 1.165) is 11.1 Å². The number of amides is 1. The third-order valence-corrected chi connectivity index (χ3v) is 5.50. The molecule has 1 amide bonds. The van der Waals surface area contributed by atoms with E-state index in [1.807, 2.05) is 60.7 Å². The summed E-state index contributed by atoms with van der Waals surface area (Å²) in [6.07, 6.45) is 1.55. The fourth-order valence-electron chi connectivity index (χ4n) is 3.02. The van der Waals surface area contributed by atoms with Gasteiger partial charge in [-0.05, 0) is 66.2 Å². The fraction of sp³-hybridized carbons (Fsp3) is 0.0370. The topological polar surface area (TPSA) is 59.9 Å². The summed E-state index contributed by atoms with van der Waals surface area (Å²) in [5.41, 5.74) is 4.61. The van der Waals surface area contributed by atoms with Gasteiger partial charge in [0.2, 0.25) is 0 Å². The van der Waals surface area contributed by atoms with E-state index in [1.165, 1.54) is 0 Å². The summed E-state index contributed by atoms with van der Waals surface area (Å²) in [5.74, 6) is 1.64. The predicted molar refractivity (Wildman–Crippen MR) is 135 cm³/mol. The summed E-state index contributed by atoms with van der Waals surface area (Å²) in [7, 11) is 0. The Morgan fingerprint density at radius 2 is 1.56 bits per heavy atom. The number of halogens is 2. The minimum atomic E-state index is -0.339. The zero-order valence-electron chi connectivity index (χ0n) is 17.9. The first-order valence-corrected chi connectivity index (χ1v) is 11.2. The molecule has 34 heavy (non-hydrogen) atoms. The molecule has 0 aliphatic carbocycles. The molecule has 0 radical (unpaired) electrons. The molecule has 0 unspecified atom stereocenters. The second kappa shape index (κ2) is 11.4. The van der Waals surface area contributed by atoms with Gasteiger partial charge >= 0.3 is 0 Å². The molecular formula is C27H20Cl2N2O3. The average molecular weight is 491 g/mol. The zero-order valence-corrected chi connectivity index (χ0v) is 19.5. The molecule has 4 aromatic carbocycles. The lowest BCUT2D eigenvalue weighted by molar-refractivity contribution is 0.0955. The molecule has 0 aromatic heterocycles. The first-order valence-electron chi connectivity index (χ1n) is 10.4. The van der Waals surface area contributed by atoms with Crippen molar-refractivity contribution < 1.29 is 14.3 Å². The molecule has 0 aliphatic rings. The third-order valence-electron chi connectivity index (χ3n) is 4.77. The maximum absolute atomic E-state index is 12.4. The van der Waals surface area contributed by atoms with Crippen LogP contribution in [-0.4, -0.2) is 12.1 Å². The van der Waals surface area contributed by atoms with E-state index in [9.17, 15) is 4.79 Å². The van der Waals surface area contributed by atoms with E-state index in [0.29, 0.717) is 39.5 Å². The molecule has 0 spiro atoms.